The molecule has 3 rings (SSSR count). The molecule has 0 spiro atoms. The van der Waals surface area contributed by atoms with Gasteiger partial charge in [0, 0.05) is 30.4 Å². The minimum Gasteiger partial charge on any atom is -0.349 e. The summed E-state index contributed by atoms with van der Waals surface area (Å²) in [5.41, 5.74) is 1.06. The van der Waals surface area contributed by atoms with Crippen LogP contribution in [0.25, 0.3) is 10.9 Å². The Balaban J connectivity index is 0.000000206. The summed E-state index contributed by atoms with van der Waals surface area (Å²) < 4.78 is 0. The fourth-order valence-corrected chi connectivity index (χ4v) is 3.05. The number of hydrogen-bond acceptors (Lipinski definition) is 2. The topological polar surface area (TPSA) is 41.6 Å². The monoisotopic (exact) mass is 351 g/mol. The van der Waals surface area contributed by atoms with Crippen molar-refractivity contribution in [2.24, 2.45) is 0 Å². The molecule has 0 saturated heterocycles. The van der Waals surface area contributed by atoms with Crippen LogP contribution < -0.4 is 0 Å². The summed E-state index contributed by atoms with van der Waals surface area (Å²) in [7, 11) is 0. The highest BCUT2D eigenvalue weighted by molar-refractivity contribution is 5.77. The molecule has 26 heavy (non-hydrogen) atoms. The molecule has 140 valence electrons. The van der Waals surface area contributed by atoms with E-state index in [9.17, 15) is 0 Å². The summed E-state index contributed by atoms with van der Waals surface area (Å²) in [5, 5.41) is 1.20. The lowest BCUT2D eigenvalue weighted by atomic mass is 10.1. The standard InChI is InChI=1S/C14H26N2.C9H7N/c1-2-3-4-5-6-7-8-9-10-11-14-15-12-13-16-14;1-2-6-9-8(4-1)5-3-7-10-9/h12-13H,2-11H2,1H3,(H,15,16);1-7H. The van der Waals surface area contributed by atoms with Crippen molar-refractivity contribution in [2.75, 3.05) is 0 Å². The molecule has 1 aromatic carbocycles. The number of H-pyrrole nitrogens is 1. The minimum absolute atomic E-state index is 1.06. The Morgan fingerprint density at radius 2 is 1.42 bits per heavy atom. The lowest BCUT2D eigenvalue weighted by Gasteiger charge is -2.01. The number of rotatable bonds is 10. The molecular weight excluding hydrogens is 318 g/mol. The van der Waals surface area contributed by atoms with E-state index in [4.69, 9.17) is 0 Å². The largest absolute Gasteiger partial charge is 0.349 e. The van der Waals surface area contributed by atoms with Gasteiger partial charge in [0.2, 0.25) is 0 Å². The third kappa shape index (κ3) is 8.28. The summed E-state index contributed by atoms with van der Waals surface area (Å²) in [4.78, 5) is 11.6. The Bertz CT molecular complexity index is 626. The Kier molecular flexibility index (Phi) is 10.2. The Hall–Kier alpha value is -2.16. The van der Waals surface area contributed by atoms with Crippen LogP contribution in [0.3, 0.4) is 0 Å². The van der Waals surface area contributed by atoms with Gasteiger partial charge in [-0.15, -0.1) is 0 Å². The summed E-state index contributed by atoms with van der Waals surface area (Å²) in [5.74, 6) is 1.14. The van der Waals surface area contributed by atoms with Gasteiger partial charge in [0.05, 0.1) is 5.52 Å². The Labute approximate surface area is 158 Å². The van der Waals surface area contributed by atoms with Crippen molar-refractivity contribution >= 4 is 10.9 Å². The molecule has 0 saturated carbocycles. The first-order valence-corrected chi connectivity index (χ1v) is 10.2. The van der Waals surface area contributed by atoms with E-state index >= 15 is 0 Å². The van der Waals surface area contributed by atoms with Crippen molar-refractivity contribution in [1.82, 2.24) is 15.0 Å². The number of hydrogen-bond donors (Lipinski definition) is 1. The molecule has 0 aliphatic carbocycles. The van der Waals surface area contributed by atoms with Gasteiger partial charge in [-0.1, -0.05) is 82.6 Å². The predicted octanol–water partition coefficient (Wildman–Crippen LogP) is 6.72. The number of aromatic nitrogens is 3. The van der Waals surface area contributed by atoms with Crippen LogP contribution >= 0.6 is 0 Å². The maximum absolute atomic E-state index is 4.23. The van der Waals surface area contributed by atoms with Gasteiger partial charge in [-0.25, -0.2) is 4.98 Å². The number of benzene rings is 1. The normalized spacial score (nSPS) is 10.5. The SMILES string of the molecule is CCCCCCCCCCCc1ncc[nH]1.c1ccc2ncccc2c1. The zero-order valence-electron chi connectivity index (χ0n) is 16.2. The number of para-hydroxylation sites is 1. The van der Waals surface area contributed by atoms with E-state index in [-0.39, 0.29) is 0 Å². The maximum atomic E-state index is 4.23. The van der Waals surface area contributed by atoms with E-state index < -0.39 is 0 Å². The van der Waals surface area contributed by atoms with Crippen LogP contribution in [0.5, 0.6) is 0 Å². The fourth-order valence-electron chi connectivity index (χ4n) is 3.05. The summed E-state index contributed by atoms with van der Waals surface area (Å²) >= 11 is 0. The van der Waals surface area contributed by atoms with E-state index in [0.717, 1.165) is 17.8 Å². The number of nitrogens with zero attached hydrogens (tertiary/aromatic N) is 2. The number of nitrogens with one attached hydrogen (secondary N) is 1. The van der Waals surface area contributed by atoms with Crippen molar-refractivity contribution in [1.29, 1.82) is 0 Å². The number of fused-ring (bicyclic) bond motifs is 1. The van der Waals surface area contributed by atoms with Crippen molar-refractivity contribution in [3.63, 3.8) is 0 Å². The third-order valence-electron chi connectivity index (χ3n) is 4.58. The number of pyridine rings is 1. The second kappa shape index (κ2) is 13.1. The molecule has 3 heteroatoms. The van der Waals surface area contributed by atoms with Gasteiger partial charge in [-0.05, 0) is 18.6 Å². The second-order valence-corrected chi connectivity index (χ2v) is 6.81. The quantitative estimate of drug-likeness (QED) is 0.412. The predicted molar refractivity (Wildman–Crippen MR) is 111 cm³/mol. The molecule has 3 nitrogen and oxygen atoms in total. The molecule has 0 atom stereocenters. The van der Waals surface area contributed by atoms with Gasteiger partial charge in [0.1, 0.15) is 5.82 Å². The van der Waals surface area contributed by atoms with E-state index in [2.05, 4.69) is 34.0 Å². The van der Waals surface area contributed by atoms with Crippen LogP contribution in [-0.4, -0.2) is 15.0 Å². The first-order valence-electron chi connectivity index (χ1n) is 10.2. The molecule has 0 unspecified atom stereocenters. The Morgan fingerprint density at radius 1 is 0.731 bits per heavy atom. The maximum Gasteiger partial charge on any atom is 0.105 e. The fraction of sp³-hybridized carbons (Fsp3) is 0.478. The van der Waals surface area contributed by atoms with E-state index in [1.165, 1.54) is 63.2 Å². The zero-order valence-corrected chi connectivity index (χ0v) is 16.2. The first kappa shape index (κ1) is 20.2. The van der Waals surface area contributed by atoms with Crippen molar-refractivity contribution in [3.8, 4) is 0 Å². The summed E-state index contributed by atoms with van der Waals surface area (Å²) in [6.07, 6.45) is 19.2. The van der Waals surface area contributed by atoms with Gasteiger partial charge in [-0.2, -0.15) is 0 Å². The average molecular weight is 352 g/mol. The zero-order chi connectivity index (χ0) is 18.3. The minimum atomic E-state index is 1.06. The van der Waals surface area contributed by atoms with Crippen LogP contribution in [-0.2, 0) is 6.42 Å². The van der Waals surface area contributed by atoms with E-state index in [1.54, 1.807) is 0 Å². The summed E-state index contributed by atoms with van der Waals surface area (Å²) in [6, 6.07) is 12.1. The highest BCUT2D eigenvalue weighted by Gasteiger charge is 1.95. The second-order valence-electron chi connectivity index (χ2n) is 6.81. The molecular formula is C23H33N3. The molecule has 0 aliphatic rings. The molecule has 0 bridgehead atoms. The molecule has 2 heterocycles. The van der Waals surface area contributed by atoms with Crippen molar-refractivity contribution in [2.45, 2.75) is 71.1 Å². The Morgan fingerprint density at radius 3 is 2.12 bits per heavy atom. The van der Waals surface area contributed by atoms with Crippen LogP contribution in [0.15, 0.2) is 55.0 Å². The molecule has 1 N–H and O–H groups in total. The first-order chi connectivity index (χ1) is 12.9. The number of imidazole rings is 1. The van der Waals surface area contributed by atoms with Gasteiger partial charge in [0.15, 0.2) is 0 Å². The van der Waals surface area contributed by atoms with Crippen LogP contribution in [0.2, 0.25) is 0 Å². The molecule has 0 fully saturated rings. The number of unbranched alkanes of at least 4 members (excludes halogenated alkanes) is 8. The van der Waals surface area contributed by atoms with Crippen molar-refractivity contribution in [3.05, 3.63) is 60.8 Å². The van der Waals surface area contributed by atoms with Gasteiger partial charge in [-0.3, -0.25) is 4.98 Å². The van der Waals surface area contributed by atoms with Crippen LogP contribution in [0, 0.1) is 0 Å². The molecule has 0 aliphatic heterocycles. The van der Waals surface area contributed by atoms with Gasteiger partial charge >= 0.3 is 0 Å². The molecule has 0 amide bonds. The van der Waals surface area contributed by atoms with E-state index in [1.807, 2.05) is 42.9 Å². The molecule has 3 aromatic rings. The van der Waals surface area contributed by atoms with E-state index in [0.29, 0.717) is 0 Å². The van der Waals surface area contributed by atoms with Crippen molar-refractivity contribution < 1.29 is 0 Å². The lowest BCUT2D eigenvalue weighted by Crippen LogP contribution is -1.88. The van der Waals surface area contributed by atoms with Gasteiger partial charge in [0.25, 0.3) is 0 Å². The highest BCUT2D eigenvalue weighted by atomic mass is 14.9. The number of aromatic amines is 1. The smallest absolute Gasteiger partial charge is 0.105 e. The lowest BCUT2D eigenvalue weighted by molar-refractivity contribution is 0.562. The molecule has 2 aromatic heterocycles. The highest BCUT2D eigenvalue weighted by Crippen LogP contribution is 2.10. The number of aryl methyl sites for hydroxylation is 1. The average Bonchev–Trinajstić information content (AvgIpc) is 3.21. The summed E-state index contributed by atoms with van der Waals surface area (Å²) in [6.45, 7) is 2.27. The van der Waals surface area contributed by atoms with Crippen LogP contribution in [0.1, 0.15) is 70.5 Å². The van der Waals surface area contributed by atoms with Gasteiger partial charge < -0.3 is 4.98 Å². The third-order valence-corrected chi connectivity index (χ3v) is 4.58. The van der Waals surface area contributed by atoms with Crippen LogP contribution in [0.4, 0.5) is 0 Å². The molecule has 0 radical (unpaired) electrons.